The van der Waals surface area contributed by atoms with Crippen LogP contribution < -0.4 is 10.2 Å². The minimum absolute atomic E-state index is 0.126. The third-order valence-corrected chi connectivity index (χ3v) is 11.4. The first-order valence-corrected chi connectivity index (χ1v) is 21.4. The molecule has 1 atom stereocenters. The van der Waals surface area contributed by atoms with Gasteiger partial charge in [0.1, 0.15) is 25.2 Å². The number of carbonyl (C=O) groups is 1. The van der Waals surface area contributed by atoms with Crippen LogP contribution >= 0.6 is 0 Å². The number of nitrogens with one attached hydrogen (secondary N) is 1. The number of nitrogens with zero attached hydrogens (tertiary/aromatic N) is 4. The van der Waals surface area contributed by atoms with Crippen molar-refractivity contribution < 1.29 is 32.2 Å². The average Bonchev–Trinajstić information content (AvgIpc) is 3.50. The lowest BCUT2D eigenvalue weighted by molar-refractivity contribution is -0.156. The van der Waals surface area contributed by atoms with Gasteiger partial charge in [-0.3, -0.25) is 0 Å². The number of benzene rings is 2. The van der Waals surface area contributed by atoms with Gasteiger partial charge in [-0.25, -0.2) is 9.78 Å². The number of ether oxygens (including phenoxy) is 3. The summed E-state index contributed by atoms with van der Waals surface area (Å²) in [6.45, 7) is 11.3. The van der Waals surface area contributed by atoms with Gasteiger partial charge < -0.3 is 33.9 Å². The highest BCUT2D eigenvalue weighted by atomic mass is 28.3. The number of morpholine rings is 1. The predicted octanol–water partition coefficient (Wildman–Crippen LogP) is 8.24. The quantitative estimate of drug-likeness (QED) is 0.117. The van der Waals surface area contributed by atoms with Crippen molar-refractivity contribution in [3.8, 4) is 11.3 Å². The second-order valence-corrected chi connectivity index (χ2v) is 20.2. The molecule has 0 bridgehead atoms. The number of likely N-dealkylation sites (tertiary alicyclic amines) is 1. The normalized spacial score (nSPS) is 16.7. The molecule has 274 valence electrons. The molecule has 2 fully saturated rings. The molecule has 1 amide bonds. The van der Waals surface area contributed by atoms with Crippen LogP contribution in [0, 0.1) is 5.92 Å². The molecule has 2 aliphatic rings. The Morgan fingerprint density at radius 2 is 1.71 bits per heavy atom. The largest absolute Gasteiger partial charge is 0.445 e. The number of pyridine rings is 1. The maximum absolute atomic E-state index is 14.5. The average molecular weight is 724 g/mol. The number of halogens is 3. The van der Waals surface area contributed by atoms with Crippen molar-refractivity contribution in [1.29, 1.82) is 0 Å². The van der Waals surface area contributed by atoms with Gasteiger partial charge in [-0.15, -0.1) is 0 Å². The fraction of sp³-hybridized carbons (Fsp3) is 0.474. The number of fused-ring (bicyclic) bond motifs is 1. The van der Waals surface area contributed by atoms with E-state index in [-0.39, 0.29) is 32.5 Å². The summed E-state index contributed by atoms with van der Waals surface area (Å²) in [7, 11) is -1.28. The Morgan fingerprint density at radius 1 is 1.00 bits per heavy atom. The Morgan fingerprint density at radius 3 is 2.37 bits per heavy atom. The zero-order valence-electron chi connectivity index (χ0n) is 29.6. The zero-order valence-corrected chi connectivity index (χ0v) is 30.6. The monoisotopic (exact) mass is 723 g/mol. The lowest BCUT2D eigenvalue weighted by atomic mass is 9.88. The smallest absolute Gasteiger partial charge is 0.410 e. The van der Waals surface area contributed by atoms with Crippen LogP contribution in [0.15, 0.2) is 72.9 Å². The van der Waals surface area contributed by atoms with Gasteiger partial charge in [0.05, 0.1) is 24.4 Å². The van der Waals surface area contributed by atoms with Crippen LogP contribution in [0.1, 0.15) is 18.4 Å². The van der Waals surface area contributed by atoms with E-state index >= 15 is 0 Å². The van der Waals surface area contributed by atoms with Gasteiger partial charge in [0, 0.05) is 58.1 Å². The summed E-state index contributed by atoms with van der Waals surface area (Å²) >= 11 is 0. The Labute approximate surface area is 298 Å². The van der Waals surface area contributed by atoms with E-state index in [1.165, 1.54) is 4.90 Å². The second kappa shape index (κ2) is 16.1. The molecule has 51 heavy (non-hydrogen) atoms. The Bertz CT molecular complexity index is 1730. The molecule has 9 nitrogen and oxygen atoms in total. The van der Waals surface area contributed by atoms with Crippen molar-refractivity contribution in [2.45, 2.75) is 64.1 Å². The molecule has 13 heteroatoms. The summed E-state index contributed by atoms with van der Waals surface area (Å²) in [4.78, 5) is 21.1. The highest BCUT2D eigenvalue weighted by molar-refractivity contribution is 6.76. The molecule has 0 spiro atoms. The lowest BCUT2D eigenvalue weighted by Crippen LogP contribution is -2.48. The van der Waals surface area contributed by atoms with Gasteiger partial charge in [-0.05, 0) is 60.2 Å². The third-order valence-electron chi connectivity index (χ3n) is 9.67. The van der Waals surface area contributed by atoms with Crippen LogP contribution in [-0.4, -0.2) is 86.8 Å². The van der Waals surface area contributed by atoms with Crippen molar-refractivity contribution in [1.82, 2.24) is 14.5 Å². The molecule has 2 aromatic heterocycles. The number of hydrogen-bond donors (Lipinski definition) is 1. The highest BCUT2D eigenvalue weighted by Gasteiger charge is 2.46. The zero-order chi connectivity index (χ0) is 36.0. The summed E-state index contributed by atoms with van der Waals surface area (Å²) in [5.74, 6) is 0.199. The standard InChI is InChI=1S/C38H48F3N5O4Si/c1-51(2,3)24-23-49-27-46-33-13-16-42-36(44-19-21-48-22-20-44)32(33)25-34(46)29-9-11-31(12-10-29)43-35(38(39,40)41)30-14-17-45(18-15-30)37(47)50-26-28-7-5-4-6-8-28/h4-13,16,25,30,35,43H,14-15,17-24,26-27H2,1-3H3/t35-/m0/s1. The van der Waals surface area contributed by atoms with Gasteiger partial charge in [-0.2, -0.15) is 13.2 Å². The molecule has 6 rings (SSSR count). The number of piperidine rings is 1. The molecular weight excluding hydrogens is 676 g/mol. The first kappa shape index (κ1) is 36.7. The minimum atomic E-state index is -4.47. The van der Waals surface area contributed by atoms with E-state index < -0.39 is 32.3 Å². The Balaban J connectivity index is 1.16. The molecule has 4 heterocycles. The maximum Gasteiger partial charge on any atom is 0.410 e. The van der Waals surface area contributed by atoms with Crippen LogP contribution in [0.5, 0.6) is 0 Å². The van der Waals surface area contributed by atoms with Crippen LogP contribution in [-0.2, 0) is 27.5 Å². The molecule has 4 aromatic rings. The molecule has 0 unspecified atom stereocenters. The maximum atomic E-state index is 14.5. The third kappa shape index (κ3) is 9.43. The number of carbonyl (C=O) groups excluding carboxylic acids is 1. The van der Waals surface area contributed by atoms with Crippen molar-refractivity contribution in [2.24, 2.45) is 5.92 Å². The number of anilines is 2. The van der Waals surface area contributed by atoms with E-state index in [4.69, 9.17) is 19.2 Å². The summed E-state index contributed by atoms with van der Waals surface area (Å²) in [6, 6.07) is 19.8. The van der Waals surface area contributed by atoms with Gasteiger partial charge in [0.25, 0.3) is 0 Å². The van der Waals surface area contributed by atoms with Crippen molar-refractivity contribution in [2.75, 3.05) is 56.2 Å². The van der Waals surface area contributed by atoms with Crippen LogP contribution in [0.2, 0.25) is 25.7 Å². The van der Waals surface area contributed by atoms with E-state index in [0.717, 1.165) is 52.7 Å². The van der Waals surface area contributed by atoms with Crippen molar-refractivity contribution >= 4 is 36.6 Å². The number of hydrogen-bond acceptors (Lipinski definition) is 7. The Kier molecular flexibility index (Phi) is 11.6. The van der Waals surface area contributed by atoms with Crippen molar-refractivity contribution in [3.63, 3.8) is 0 Å². The van der Waals surface area contributed by atoms with Crippen LogP contribution in [0.25, 0.3) is 22.2 Å². The van der Waals surface area contributed by atoms with Crippen molar-refractivity contribution in [3.05, 3.63) is 78.5 Å². The van der Waals surface area contributed by atoms with E-state index in [1.54, 1.807) is 12.1 Å². The molecule has 2 aliphatic heterocycles. The SMILES string of the molecule is C[Si](C)(C)CCOCn1c(-c2ccc(N[C@@H](C3CCN(C(=O)OCc4ccccc4)CC3)C(F)(F)F)cc2)cc2c(N3CCOCC3)nccc21. The first-order valence-electron chi connectivity index (χ1n) is 17.7. The number of alkyl halides is 3. The van der Waals surface area contributed by atoms with E-state index in [9.17, 15) is 18.0 Å². The van der Waals surface area contributed by atoms with Gasteiger partial charge in [0.2, 0.25) is 0 Å². The van der Waals surface area contributed by atoms with E-state index in [1.807, 2.05) is 54.7 Å². The molecule has 2 saturated heterocycles. The minimum Gasteiger partial charge on any atom is -0.445 e. The summed E-state index contributed by atoms with van der Waals surface area (Å²) < 4.78 is 62.8. The van der Waals surface area contributed by atoms with E-state index in [2.05, 4.69) is 40.5 Å². The molecule has 0 radical (unpaired) electrons. The van der Waals surface area contributed by atoms with Gasteiger partial charge in [-0.1, -0.05) is 62.1 Å². The summed E-state index contributed by atoms with van der Waals surface area (Å²) in [6.07, 6.45) is -2.73. The number of aromatic nitrogens is 2. The summed E-state index contributed by atoms with van der Waals surface area (Å²) in [5, 5.41) is 3.79. The molecule has 2 aromatic carbocycles. The predicted molar refractivity (Wildman–Crippen MR) is 197 cm³/mol. The number of rotatable bonds is 12. The lowest BCUT2D eigenvalue weighted by Gasteiger charge is -2.37. The Hall–Kier alpha value is -4.07. The second-order valence-electron chi connectivity index (χ2n) is 14.6. The fourth-order valence-corrected chi connectivity index (χ4v) is 7.48. The molecule has 1 N–H and O–H groups in total. The first-order chi connectivity index (χ1) is 24.5. The summed E-state index contributed by atoms with van der Waals surface area (Å²) in [5.41, 5.74) is 4.00. The highest BCUT2D eigenvalue weighted by Crippen LogP contribution is 2.37. The molecular formula is C38H48F3N5O4Si. The van der Waals surface area contributed by atoms with Crippen LogP contribution in [0.4, 0.5) is 29.5 Å². The van der Waals surface area contributed by atoms with E-state index in [0.29, 0.717) is 32.2 Å². The van der Waals surface area contributed by atoms with Gasteiger partial charge in [0.15, 0.2) is 0 Å². The molecule has 0 aliphatic carbocycles. The van der Waals surface area contributed by atoms with Gasteiger partial charge >= 0.3 is 12.3 Å². The molecule has 0 saturated carbocycles. The topological polar surface area (TPSA) is 81.1 Å². The fourth-order valence-electron chi connectivity index (χ4n) is 6.72. The van der Waals surface area contributed by atoms with Crippen LogP contribution in [0.3, 0.4) is 0 Å². The number of amides is 1.